The summed E-state index contributed by atoms with van der Waals surface area (Å²) in [7, 11) is 1.63. The number of halogens is 3. The highest BCUT2D eigenvalue weighted by atomic mass is 79.9. The smallest absolute Gasteiger partial charge is 0.253 e. The normalized spacial score (nSPS) is 10.5. The van der Waals surface area contributed by atoms with Crippen LogP contribution in [0.25, 0.3) is 0 Å². The van der Waals surface area contributed by atoms with E-state index in [1.807, 2.05) is 13.0 Å². The molecule has 0 aliphatic carbocycles. The lowest BCUT2D eigenvalue weighted by molar-refractivity contribution is 0.0783. The van der Waals surface area contributed by atoms with Gasteiger partial charge in [0.2, 0.25) is 0 Å². The topological polar surface area (TPSA) is 20.3 Å². The first kappa shape index (κ1) is 16.0. The second-order valence-corrected chi connectivity index (χ2v) is 6.20. The first-order valence-corrected chi connectivity index (χ1v) is 7.51. The van der Waals surface area contributed by atoms with E-state index in [2.05, 4.69) is 15.9 Å². The summed E-state index contributed by atoms with van der Waals surface area (Å²) in [5, 5.41) is 0.320. The molecule has 0 saturated heterocycles. The van der Waals surface area contributed by atoms with Crippen LogP contribution in [0.2, 0.25) is 5.02 Å². The number of rotatable bonds is 3. The van der Waals surface area contributed by atoms with Crippen LogP contribution < -0.4 is 0 Å². The molecule has 110 valence electrons. The second kappa shape index (κ2) is 6.58. The van der Waals surface area contributed by atoms with Gasteiger partial charge in [0.1, 0.15) is 5.82 Å². The zero-order valence-corrected chi connectivity index (χ0v) is 14.0. The fourth-order valence-electron chi connectivity index (χ4n) is 2.07. The van der Waals surface area contributed by atoms with E-state index in [0.29, 0.717) is 16.1 Å². The third-order valence-electron chi connectivity index (χ3n) is 3.09. The Bertz CT molecular complexity index is 649. The fourth-order valence-corrected chi connectivity index (χ4v) is 2.90. The summed E-state index contributed by atoms with van der Waals surface area (Å²) >= 11 is 9.36. The van der Waals surface area contributed by atoms with E-state index in [9.17, 15) is 9.18 Å². The van der Waals surface area contributed by atoms with Crippen molar-refractivity contribution in [3.63, 3.8) is 0 Å². The van der Waals surface area contributed by atoms with Crippen LogP contribution in [0, 0.1) is 12.7 Å². The Morgan fingerprint density at radius 2 is 2.05 bits per heavy atom. The molecule has 21 heavy (non-hydrogen) atoms. The van der Waals surface area contributed by atoms with Gasteiger partial charge in [-0.1, -0.05) is 33.6 Å². The minimum absolute atomic E-state index is 0.121. The Balaban J connectivity index is 2.24. The van der Waals surface area contributed by atoms with Gasteiger partial charge < -0.3 is 4.90 Å². The summed E-state index contributed by atoms with van der Waals surface area (Å²) < 4.78 is 14.6. The Kier molecular flexibility index (Phi) is 5.01. The number of benzene rings is 2. The maximum atomic E-state index is 13.8. The van der Waals surface area contributed by atoms with E-state index in [1.165, 1.54) is 11.0 Å². The highest BCUT2D eigenvalue weighted by molar-refractivity contribution is 9.10. The standard InChI is InChI=1S/C16H14BrClFNO/c1-10-6-11(8-12(17)7-10)16(21)20(2)9-13-14(18)4-3-5-15(13)19/h3-8H,9H2,1-2H3. The van der Waals surface area contributed by atoms with Crippen LogP contribution >= 0.6 is 27.5 Å². The molecule has 0 atom stereocenters. The van der Waals surface area contributed by atoms with Crippen molar-refractivity contribution < 1.29 is 9.18 Å². The highest BCUT2D eigenvalue weighted by Gasteiger charge is 2.16. The van der Waals surface area contributed by atoms with E-state index >= 15 is 0 Å². The minimum Gasteiger partial charge on any atom is -0.337 e. The van der Waals surface area contributed by atoms with Gasteiger partial charge in [0.05, 0.1) is 0 Å². The zero-order valence-electron chi connectivity index (χ0n) is 11.7. The van der Waals surface area contributed by atoms with Crippen molar-refractivity contribution in [1.29, 1.82) is 0 Å². The molecule has 0 saturated carbocycles. The van der Waals surface area contributed by atoms with Crippen LogP contribution in [0.15, 0.2) is 40.9 Å². The quantitative estimate of drug-likeness (QED) is 0.758. The van der Waals surface area contributed by atoms with Crippen LogP contribution in [0.3, 0.4) is 0 Å². The molecule has 0 radical (unpaired) electrons. The molecule has 0 heterocycles. The van der Waals surface area contributed by atoms with Crippen molar-refractivity contribution in [1.82, 2.24) is 4.90 Å². The monoisotopic (exact) mass is 369 g/mol. The Hall–Kier alpha value is -1.39. The second-order valence-electron chi connectivity index (χ2n) is 4.88. The number of hydrogen-bond acceptors (Lipinski definition) is 1. The Morgan fingerprint density at radius 1 is 1.33 bits per heavy atom. The molecule has 2 aromatic carbocycles. The van der Waals surface area contributed by atoms with Gasteiger partial charge >= 0.3 is 0 Å². The first-order chi connectivity index (χ1) is 9.88. The summed E-state index contributed by atoms with van der Waals surface area (Å²) in [5.41, 5.74) is 1.85. The maximum Gasteiger partial charge on any atom is 0.253 e. The van der Waals surface area contributed by atoms with Crippen LogP contribution in [0.5, 0.6) is 0 Å². The van der Waals surface area contributed by atoms with Crippen molar-refractivity contribution in [3.05, 3.63) is 68.4 Å². The SMILES string of the molecule is Cc1cc(Br)cc(C(=O)N(C)Cc2c(F)cccc2Cl)c1. The number of carbonyl (C=O) groups is 1. The van der Waals surface area contributed by atoms with E-state index in [0.717, 1.165) is 10.0 Å². The average molecular weight is 371 g/mol. The molecule has 0 bridgehead atoms. The van der Waals surface area contributed by atoms with Gasteiger partial charge in [-0.05, 0) is 42.8 Å². The van der Waals surface area contributed by atoms with E-state index < -0.39 is 5.82 Å². The van der Waals surface area contributed by atoms with Crippen molar-refractivity contribution >= 4 is 33.4 Å². The van der Waals surface area contributed by atoms with Gasteiger partial charge in [-0.2, -0.15) is 0 Å². The molecule has 0 aliphatic heterocycles. The van der Waals surface area contributed by atoms with Crippen molar-refractivity contribution in [3.8, 4) is 0 Å². The number of aryl methyl sites for hydroxylation is 1. The summed E-state index contributed by atoms with van der Waals surface area (Å²) in [6.45, 7) is 2.03. The number of hydrogen-bond donors (Lipinski definition) is 0. The third-order valence-corrected chi connectivity index (χ3v) is 3.90. The molecular formula is C16H14BrClFNO. The van der Waals surface area contributed by atoms with E-state index in [4.69, 9.17) is 11.6 Å². The van der Waals surface area contributed by atoms with Crippen LogP contribution in [-0.4, -0.2) is 17.9 Å². The molecule has 2 nitrogen and oxygen atoms in total. The summed E-state index contributed by atoms with van der Waals surface area (Å²) in [6.07, 6.45) is 0. The molecule has 0 N–H and O–H groups in total. The Labute approximate surface area is 136 Å². The predicted molar refractivity (Wildman–Crippen MR) is 86.1 cm³/mol. The van der Waals surface area contributed by atoms with E-state index in [-0.39, 0.29) is 12.5 Å². The van der Waals surface area contributed by atoms with Crippen LogP contribution in [0.4, 0.5) is 4.39 Å². The molecule has 2 rings (SSSR count). The van der Waals surface area contributed by atoms with Crippen LogP contribution in [-0.2, 0) is 6.54 Å². The van der Waals surface area contributed by atoms with Gasteiger partial charge in [0, 0.05) is 34.2 Å². The molecule has 1 amide bonds. The van der Waals surface area contributed by atoms with Crippen molar-refractivity contribution in [2.24, 2.45) is 0 Å². The summed E-state index contributed by atoms with van der Waals surface area (Å²) in [4.78, 5) is 13.9. The minimum atomic E-state index is -0.410. The summed E-state index contributed by atoms with van der Waals surface area (Å²) in [6, 6.07) is 9.96. The average Bonchev–Trinajstić information content (AvgIpc) is 2.41. The fraction of sp³-hybridized carbons (Fsp3) is 0.188. The van der Waals surface area contributed by atoms with Crippen molar-refractivity contribution in [2.75, 3.05) is 7.05 Å². The molecule has 0 aromatic heterocycles. The lowest BCUT2D eigenvalue weighted by Crippen LogP contribution is -2.26. The number of nitrogens with zero attached hydrogens (tertiary/aromatic N) is 1. The molecular weight excluding hydrogens is 357 g/mol. The number of amides is 1. The van der Waals surface area contributed by atoms with Gasteiger partial charge in [-0.3, -0.25) is 4.79 Å². The zero-order chi connectivity index (χ0) is 15.6. The lowest BCUT2D eigenvalue weighted by atomic mass is 10.1. The maximum absolute atomic E-state index is 13.8. The third kappa shape index (κ3) is 3.83. The summed E-state index contributed by atoms with van der Waals surface area (Å²) in [5.74, 6) is -0.591. The molecule has 5 heteroatoms. The largest absolute Gasteiger partial charge is 0.337 e. The highest BCUT2D eigenvalue weighted by Crippen LogP contribution is 2.22. The molecule has 0 unspecified atom stereocenters. The Morgan fingerprint density at radius 3 is 2.67 bits per heavy atom. The predicted octanol–water partition coefficient (Wildman–Crippen LogP) is 4.82. The van der Waals surface area contributed by atoms with Gasteiger partial charge in [-0.15, -0.1) is 0 Å². The molecule has 2 aromatic rings. The molecule has 0 aliphatic rings. The van der Waals surface area contributed by atoms with Crippen molar-refractivity contribution in [2.45, 2.75) is 13.5 Å². The van der Waals surface area contributed by atoms with E-state index in [1.54, 1.807) is 31.3 Å². The first-order valence-electron chi connectivity index (χ1n) is 6.34. The van der Waals surface area contributed by atoms with Crippen LogP contribution in [0.1, 0.15) is 21.5 Å². The molecule has 0 fully saturated rings. The van der Waals surface area contributed by atoms with Gasteiger partial charge in [0.15, 0.2) is 0 Å². The lowest BCUT2D eigenvalue weighted by Gasteiger charge is -2.19. The molecule has 0 spiro atoms. The van der Waals surface area contributed by atoms with Gasteiger partial charge in [-0.25, -0.2) is 4.39 Å². The van der Waals surface area contributed by atoms with Gasteiger partial charge in [0.25, 0.3) is 5.91 Å². The number of carbonyl (C=O) groups excluding carboxylic acids is 1.